The van der Waals surface area contributed by atoms with Gasteiger partial charge < -0.3 is 0 Å². The Hall–Kier alpha value is -2.33. The highest BCUT2D eigenvalue weighted by molar-refractivity contribution is 8.03. The van der Waals surface area contributed by atoms with E-state index in [1.807, 2.05) is 30.5 Å². The Morgan fingerprint density at radius 3 is 2.56 bits per heavy atom. The van der Waals surface area contributed by atoms with Gasteiger partial charge in [0.25, 0.3) is 5.91 Å². The number of nitrogens with one attached hydrogen (secondary N) is 1. The molecule has 5 nitrogen and oxygen atoms in total. The molecule has 0 aliphatic carbocycles. The summed E-state index contributed by atoms with van der Waals surface area (Å²) in [4.78, 5) is 13.2. The molecule has 1 N–H and O–H groups in total. The van der Waals surface area contributed by atoms with Crippen LogP contribution in [0.3, 0.4) is 0 Å². The van der Waals surface area contributed by atoms with Crippen LogP contribution in [0.25, 0.3) is 10.8 Å². The Labute approximate surface area is 203 Å². The van der Waals surface area contributed by atoms with E-state index < -0.39 is 0 Å². The van der Waals surface area contributed by atoms with E-state index in [0.29, 0.717) is 0 Å². The highest BCUT2D eigenvalue weighted by Gasteiger charge is 2.09. The van der Waals surface area contributed by atoms with Gasteiger partial charge in [-0.25, -0.2) is 5.43 Å². The SMILES string of the molecule is CSc1ccc(C=NNC(=O)CSc2nnc(SCc3cccc4ccccc34)s2)cc1. The summed E-state index contributed by atoms with van der Waals surface area (Å²) in [6.07, 6.45) is 3.67. The van der Waals surface area contributed by atoms with Gasteiger partial charge >= 0.3 is 0 Å². The summed E-state index contributed by atoms with van der Waals surface area (Å²) in [5.74, 6) is 0.895. The van der Waals surface area contributed by atoms with Crippen LogP contribution >= 0.6 is 46.6 Å². The molecule has 4 aromatic rings. The highest BCUT2D eigenvalue weighted by atomic mass is 32.2. The predicted octanol–water partition coefficient (Wildman–Crippen LogP) is 5.95. The molecule has 0 aliphatic heterocycles. The zero-order chi connectivity index (χ0) is 22.2. The summed E-state index contributed by atoms with van der Waals surface area (Å²) in [6, 6.07) is 22.7. The summed E-state index contributed by atoms with van der Waals surface area (Å²) >= 11 is 6.22. The molecule has 0 saturated heterocycles. The van der Waals surface area contributed by atoms with Crippen LogP contribution in [-0.4, -0.2) is 34.3 Å². The third kappa shape index (κ3) is 6.35. The molecule has 0 aliphatic rings. The van der Waals surface area contributed by atoms with Gasteiger partial charge in [0, 0.05) is 10.6 Å². The number of amides is 1. The van der Waals surface area contributed by atoms with Crippen molar-refractivity contribution in [3.8, 4) is 0 Å². The predicted molar refractivity (Wildman–Crippen MR) is 138 cm³/mol. The number of carbonyl (C=O) groups is 1. The van der Waals surface area contributed by atoms with Crippen molar-refractivity contribution in [1.29, 1.82) is 0 Å². The Kier molecular flexibility index (Phi) is 8.22. The van der Waals surface area contributed by atoms with E-state index in [9.17, 15) is 4.79 Å². The van der Waals surface area contributed by atoms with Crippen molar-refractivity contribution in [3.63, 3.8) is 0 Å². The maximum Gasteiger partial charge on any atom is 0.250 e. The number of benzene rings is 3. The average molecular weight is 497 g/mol. The van der Waals surface area contributed by atoms with Crippen molar-refractivity contribution in [1.82, 2.24) is 15.6 Å². The van der Waals surface area contributed by atoms with Gasteiger partial charge in [-0.05, 0) is 40.3 Å². The second kappa shape index (κ2) is 11.5. The van der Waals surface area contributed by atoms with E-state index in [2.05, 4.69) is 63.2 Å². The van der Waals surface area contributed by atoms with Crippen LogP contribution in [0.5, 0.6) is 0 Å². The fraction of sp³-hybridized carbons (Fsp3) is 0.130. The number of rotatable bonds is 9. The third-order valence-corrected chi connectivity index (χ3v) is 8.45. The quantitative estimate of drug-likeness (QED) is 0.175. The van der Waals surface area contributed by atoms with E-state index in [-0.39, 0.29) is 11.7 Å². The molecular weight excluding hydrogens is 477 g/mol. The van der Waals surface area contributed by atoms with Crippen molar-refractivity contribution in [3.05, 3.63) is 77.9 Å². The van der Waals surface area contributed by atoms with Gasteiger partial charge in [-0.15, -0.1) is 22.0 Å². The molecular formula is C23H20N4OS4. The fourth-order valence-electron chi connectivity index (χ4n) is 2.90. The van der Waals surface area contributed by atoms with E-state index in [1.165, 1.54) is 44.3 Å². The van der Waals surface area contributed by atoms with E-state index >= 15 is 0 Å². The van der Waals surface area contributed by atoms with E-state index in [1.54, 1.807) is 29.7 Å². The monoisotopic (exact) mass is 496 g/mol. The van der Waals surface area contributed by atoms with E-state index in [0.717, 1.165) is 20.0 Å². The molecule has 0 unspecified atom stereocenters. The van der Waals surface area contributed by atoms with Crippen LogP contribution in [0.15, 0.2) is 85.4 Å². The molecule has 32 heavy (non-hydrogen) atoms. The molecule has 1 aromatic heterocycles. The largest absolute Gasteiger partial charge is 0.272 e. The zero-order valence-electron chi connectivity index (χ0n) is 17.2. The molecule has 0 radical (unpaired) electrons. The second-order valence-electron chi connectivity index (χ2n) is 6.62. The molecule has 1 amide bonds. The van der Waals surface area contributed by atoms with Gasteiger partial charge in [-0.1, -0.05) is 89.5 Å². The first kappa shape index (κ1) is 22.8. The van der Waals surface area contributed by atoms with E-state index in [4.69, 9.17) is 0 Å². The maximum atomic E-state index is 12.1. The minimum atomic E-state index is -0.174. The number of fused-ring (bicyclic) bond motifs is 1. The first-order chi connectivity index (χ1) is 15.7. The van der Waals surface area contributed by atoms with Crippen LogP contribution < -0.4 is 5.43 Å². The lowest BCUT2D eigenvalue weighted by molar-refractivity contribution is -0.118. The summed E-state index contributed by atoms with van der Waals surface area (Å²) in [5.41, 5.74) is 4.77. The van der Waals surface area contributed by atoms with Crippen molar-refractivity contribution in [2.24, 2.45) is 5.10 Å². The minimum absolute atomic E-state index is 0.174. The smallest absolute Gasteiger partial charge is 0.250 e. The van der Waals surface area contributed by atoms with Crippen molar-refractivity contribution in [2.45, 2.75) is 19.3 Å². The molecule has 0 atom stereocenters. The van der Waals surface area contributed by atoms with Gasteiger partial charge in [0.05, 0.1) is 12.0 Å². The van der Waals surface area contributed by atoms with Gasteiger partial charge in [0.1, 0.15) is 0 Å². The Bertz CT molecular complexity index is 1220. The number of nitrogens with zero attached hydrogens (tertiary/aromatic N) is 3. The minimum Gasteiger partial charge on any atom is -0.272 e. The molecule has 0 saturated carbocycles. The summed E-state index contributed by atoms with van der Waals surface area (Å²) in [6.45, 7) is 0. The number of hydrogen-bond acceptors (Lipinski definition) is 8. The van der Waals surface area contributed by atoms with Gasteiger partial charge in [0.2, 0.25) is 0 Å². The lowest BCUT2D eigenvalue weighted by atomic mass is 10.1. The second-order valence-corrected chi connectivity index (χ2v) is 10.9. The van der Waals surface area contributed by atoms with Crippen molar-refractivity contribution < 1.29 is 4.79 Å². The summed E-state index contributed by atoms with van der Waals surface area (Å²) in [5, 5.41) is 15.0. The van der Waals surface area contributed by atoms with Gasteiger partial charge in [0.15, 0.2) is 8.68 Å². The van der Waals surface area contributed by atoms with Crippen LogP contribution in [0.2, 0.25) is 0 Å². The van der Waals surface area contributed by atoms with Crippen LogP contribution in [0.4, 0.5) is 0 Å². The number of hydrogen-bond donors (Lipinski definition) is 1. The zero-order valence-corrected chi connectivity index (χ0v) is 20.5. The van der Waals surface area contributed by atoms with Crippen LogP contribution in [0, 0.1) is 0 Å². The van der Waals surface area contributed by atoms with Crippen LogP contribution in [-0.2, 0) is 10.5 Å². The Morgan fingerprint density at radius 1 is 1.00 bits per heavy atom. The third-order valence-electron chi connectivity index (χ3n) is 4.46. The number of carbonyl (C=O) groups excluding carboxylic acids is 1. The standard InChI is InChI=1S/C23H20N4OS4/c1-29-19-11-9-16(10-12-19)13-24-25-21(28)15-31-23-27-26-22(32-23)30-14-18-7-4-6-17-5-2-3-8-20(17)18/h2-13H,14-15H2,1H3,(H,25,28). The number of aromatic nitrogens is 2. The molecule has 3 aromatic carbocycles. The summed E-state index contributed by atoms with van der Waals surface area (Å²) in [7, 11) is 0. The Balaban J connectivity index is 1.24. The molecule has 162 valence electrons. The average Bonchev–Trinajstić information content (AvgIpc) is 3.30. The maximum absolute atomic E-state index is 12.1. The highest BCUT2D eigenvalue weighted by Crippen LogP contribution is 2.32. The van der Waals surface area contributed by atoms with Gasteiger partial charge in [-0.2, -0.15) is 5.10 Å². The normalized spacial score (nSPS) is 11.3. The van der Waals surface area contributed by atoms with Crippen molar-refractivity contribution in [2.75, 3.05) is 12.0 Å². The first-order valence-corrected chi connectivity index (χ1v) is 13.7. The Morgan fingerprint density at radius 2 is 1.75 bits per heavy atom. The number of thioether (sulfide) groups is 3. The lowest BCUT2D eigenvalue weighted by Crippen LogP contribution is -2.19. The fourth-order valence-corrected chi connectivity index (χ4v) is 6.12. The molecule has 0 spiro atoms. The topological polar surface area (TPSA) is 67.2 Å². The molecule has 0 bridgehead atoms. The van der Waals surface area contributed by atoms with Gasteiger partial charge in [-0.3, -0.25) is 4.79 Å². The number of hydrazone groups is 1. The molecule has 0 fully saturated rings. The molecule has 9 heteroatoms. The summed E-state index contributed by atoms with van der Waals surface area (Å²) < 4.78 is 1.67. The van der Waals surface area contributed by atoms with Crippen LogP contribution in [0.1, 0.15) is 11.1 Å². The van der Waals surface area contributed by atoms with Crippen molar-refractivity contribution >= 4 is 69.5 Å². The first-order valence-electron chi connectivity index (χ1n) is 9.73. The molecule has 1 heterocycles. The lowest BCUT2D eigenvalue weighted by Gasteiger charge is -2.04. The molecule has 4 rings (SSSR count).